The van der Waals surface area contributed by atoms with Crippen LogP contribution in [0.15, 0.2) is 49.2 Å². The summed E-state index contributed by atoms with van der Waals surface area (Å²) in [5.74, 6) is -1.19. The van der Waals surface area contributed by atoms with Gasteiger partial charge in [-0.3, -0.25) is 10.2 Å². The number of nitrogens with one attached hydrogen (secondary N) is 3. The summed E-state index contributed by atoms with van der Waals surface area (Å²) in [6.07, 6.45) is 2.75. The molecular weight excluding hydrogens is 351 g/mol. The molecule has 0 saturated carbocycles. The highest BCUT2D eigenvalue weighted by Gasteiger charge is 2.10. The second-order valence-corrected chi connectivity index (χ2v) is 5.08. The van der Waals surface area contributed by atoms with E-state index in [-0.39, 0.29) is 28.8 Å². The summed E-state index contributed by atoms with van der Waals surface area (Å²) in [4.78, 5) is 26.9. The van der Waals surface area contributed by atoms with Gasteiger partial charge in [-0.05, 0) is 30.3 Å². The fraction of sp³-hybridized carbons (Fsp3) is 0.0625. The largest absolute Gasteiger partial charge is 0.436 e. The first-order valence-electron chi connectivity index (χ1n) is 7.03. The first kappa shape index (κ1) is 18.2. The molecule has 0 spiro atoms. The molecule has 0 aliphatic rings. The van der Waals surface area contributed by atoms with Gasteiger partial charge >= 0.3 is 6.03 Å². The first-order chi connectivity index (χ1) is 12.0. The quantitative estimate of drug-likeness (QED) is 0.562. The van der Waals surface area contributed by atoms with E-state index in [9.17, 15) is 14.0 Å². The van der Waals surface area contributed by atoms with Crippen LogP contribution in [0.3, 0.4) is 0 Å². The summed E-state index contributed by atoms with van der Waals surface area (Å²) in [5.41, 5.74) is 4.68. The molecule has 25 heavy (non-hydrogen) atoms. The van der Waals surface area contributed by atoms with Gasteiger partial charge in [-0.2, -0.15) is 0 Å². The van der Waals surface area contributed by atoms with Crippen molar-refractivity contribution in [2.45, 2.75) is 0 Å². The van der Waals surface area contributed by atoms with Crippen molar-refractivity contribution in [3.63, 3.8) is 0 Å². The molecule has 130 valence electrons. The van der Waals surface area contributed by atoms with Gasteiger partial charge < -0.3 is 10.1 Å². The topological polar surface area (TPSA) is 92.4 Å². The highest BCUT2D eigenvalue weighted by Crippen LogP contribution is 2.24. The SMILES string of the molecule is C=CCNC(=O)NNC(=O)c1ccc(Oc2ncc(Cl)cc2F)cc1. The van der Waals surface area contributed by atoms with Gasteiger partial charge in [0.2, 0.25) is 0 Å². The Morgan fingerprint density at radius 1 is 1.28 bits per heavy atom. The molecule has 1 heterocycles. The third kappa shape index (κ3) is 5.47. The molecule has 0 saturated heterocycles. The van der Waals surface area contributed by atoms with Gasteiger partial charge in [0.15, 0.2) is 5.82 Å². The average Bonchev–Trinajstić information content (AvgIpc) is 2.61. The maximum absolute atomic E-state index is 13.6. The monoisotopic (exact) mass is 364 g/mol. The van der Waals surface area contributed by atoms with E-state index in [0.717, 1.165) is 6.07 Å². The molecule has 0 radical (unpaired) electrons. The fourth-order valence-corrected chi connectivity index (χ4v) is 1.80. The molecule has 1 aromatic carbocycles. The number of carbonyl (C=O) groups is 2. The first-order valence-corrected chi connectivity index (χ1v) is 7.41. The Hall–Kier alpha value is -3.13. The third-order valence-electron chi connectivity index (χ3n) is 2.80. The number of pyridine rings is 1. The van der Waals surface area contributed by atoms with Crippen LogP contribution in [0.25, 0.3) is 0 Å². The minimum Gasteiger partial charge on any atom is -0.436 e. The number of benzene rings is 1. The summed E-state index contributed by atoms with van der Waals surface area (Å²) >= 11 is 5.61. The molecule has 9 heteroatoms. The van der Waals surface area contributed by atoms with Crippen molar-refractivity contribution in [1.29, 1.82) is 0 Å². The molecule has 0 atom stereocenters. The van der Waals surface area contributed by atoms with E-state index in [2.05, 4.69) is 27.7 Å². The molecule has 0 aliphatic heterocycles. The number of hydrogen-bond acceptors (Lipinski definition) is 4. The number of nitrogens with zero attached hydrogens (tertiary/aromatic N) is 1. The standard InChI is InChI=1S/C16H14ClFN4O3/c1-2-7-19-16(24)22-21-14(23)10-3-5-12(6-4-10)25-15-13(18)8-11(17)9-20-15/h2-6,8-9H,1,7H2,(H,21,23)(H2,19,22,24). The zero-order valence-corrected chi connectivity index (χ0v) is 13.6. The Labute approximate surface area is 147 Å². The zero-order chi connectivity index (χ0) is 18.2. The Kier molecular flexibility index (Phi) is 6.30. The van der Waals surface area contributed by atoms with Crippen LogP contribution < -0.4 is 20.9 Å². The molecule has 7 nitrogen and oxygen atoms in total. The summed E-state index contributed by atoms with van der Waals surface area (Å²) in [6, 6.07) is 6.32. The maximum Gasteiger partial charge on any atom is 0.333 e. The molecule has 0 fully saturated rings. The van der Waals surface area contributed by atoms with E-state index in [1.165, 1.54) is 36.5 Å². The summed E-state index contributed by atoms with van der Waals surface area (Å²) in [7, 11) is 0. The van der Waals surface area contributed by atoms with Crippen LogP contribution in [0.4, 0.5) is 9.18 Å². The molecule has 0 aliphatic carbocycles. The van der Waals surface area contributed by atoms with Crippen LogP contribution in [0.5, 0.6) is 11.6 Å². The molecule has 2 aromatic rings. The highest BCUT2D eigenvalue weighted by atomic mass is 35.5. The Balaban J connectivity index is 1.93. The minimum absolute atomic E-state index is 0.154. The van der Waals surface area contributed by atoms with Crippen molar-refractivity contribution < 1.29 is 18.7 Å². The van der Waals surface area contributed by atoms with Crippen molar-refractivity contribution in [2.24, 2.45) is 0 Å². The van der Waals surface area contributed by atoms with E-state index in [0.29, 0.717) is 0 Å². The summed E-state index contributed by atoms with van der Waals surface area (Å²) in [6.45, 7) is 3.71. The van der Waals surface area contributed by atoms with E-state index in [1.807, 2.05) is 0 Å². The van der Waals surface area contributed by atoms with Crippen molar-refractivity contribution in [3.8, 4) is 11.6 Å². The molecular formula is C16H14ClFN4O3. The van der Waals surface area contributed by atoms with Crippen molar-refractivity contribution in [3.05, 3.63) is 65.6 Å². The number of rotatable bonds is 5. The number of hydrogen-bond donors (Lipinski definition) is 3. The number of amides is 3. The Bertz CT molecular complexity index is 783. The molecule has 0 unspecified atom stereocenters. The van der Waals surface area contributed by atoms with Crippen molar-refractivity contribution in [2.75, 3.05) is 6.54 Å². The third-order valence-corrected chi connectivity index (χ3v) is 3.01. The smallest absolute Gasteiger partial charge is 0.333 e. The van der Waals surface area contributed by atoms with Crippen LogP contribution in [-0.4, -0.2) is 23.5 Å². The lowest BCUT2D eigenvalue weighted by atomic mass is 10.2. The van der Waals surface area contributed by atoms with Gasteiger partial charge in [0.1, 0.15) is 5.75 Å². The van der Waals surface area contributed by atoms with Gasteiger partial charge in [-0.25, -0.2) is 19.6 Å². The average molecular weight is 365 g/mol. The van der Waals surface area contributed by atoms with Gasteiger partial charge in [0.25, 0.3) is 11.8 Å². The van der Waals surface area contributed by atoms with Crippen LogP contribution in [0.1, 0.15) is 10.4 Å². The molecule has 1 aromatic heterocycles. The van der Waals surface area contributed by atoms with Crippen molar-refractivity contribution in [1.82, 2.24) is 21.2 Å². The lowest BCUT2D eigenvalue weighted by Gasteiger charge is -2.09. The van der Waals surface area contributed by atoms with Gasteiger partial charge in [-0.15, -0.1) is 6.58 Å². The lowest BCUT2D eigenvalue weighted by molar-refractivity contribution is 0.0936. The van der Waals surface area contributed by atoms with Crippen molar-refractivity contribution >= 4 is 23.5 Å². The number of aromatic nitrogens is 1. The second kappa shape index (κ2) is 8.65. The number of carbonyl (C=O) groups excluding carboxylic acids is 2. The molecule has 0 bridgehead atoms. The lowest BCUT2D eigenvalue weighted by Crippen LogP contribution is -2.46. The van der Waals surface area contributed by atoms with Gasteiger partial charge in [-0.1, -0.05) is 17.7 Å². The maximum atomic E-state index is 13.6. The van der Waals surface area contributed by atoms with Crippen LogP contribution in [-0.2, 0) is 0 Å². The van der Waals surface area contributed by atoms with Gasteiger partial charge in [0, 0.05) is 18.3 Å². The zero-order valence-electron chi connectivity index (χ0n) is 12.9. The fourth-order valence-electron chi connectivity index (χ4n) is 1.66. The second-order valence-electron chi connectivity index (χ2n) is 4.64. The predicted octanol–water partition coefficient (Wildman–Crippen LogP) is 2.80. The van der Waals surface area contributed by atoms with Gasteiger partial charge in [0.05, 0.1) is 5.02 Å². The molecule has 3 amide bonds. The van der Waals surface area contributed by atoms with E-state index in [4.69, 9.17) is 16.3 Å². The summed E-state index contributed by atoms with van der Waals surface area (Å²) < 4.78 is 18.9. The number of hydrazine groups is 1. The Morgan fingerprint density at radius 3 is 2.64 bits per heavy atom. The van der Waals surface area contributed by atoms with Crippen LogP contribution >= 0.6 is 11.6 Å². The highest BCUT2D eigenvalue weighted by molar-refractivity contribution is 6.30. The molecule has 2 rings (SSSR count). The Morgan fingerprint density at radius 2 is 2.00 bits per heavy atom. The predicted molar refractivity (Wildman–Crippen MR) is 89.9 cm³/mol. The number of halogens is 2. The molecule has 3 N–H and O–H groups in total. The number of urea groups is 1. The number of ether oxygens (including phenoxy) is 1. The van der Waals surface area contributed by atoms with E-state index < -0.39 is 17.8 Å². The van der Waals surface area contributed by atoms with Crippen LogP contribution in [0.2, 0.25) is 5.02 Å². The normalized spacial score (nSPS) is 9.84. The van der Waals surface area contributed by atoms with E-state index >= 15 is 0 Å². The van der Waals surface area contributed by atoms with E-state index in [1.54, 1.807) is 0 Å². The van der Waals surface area contributed by atoms with Crippen LogP contribution in [0, 0.1) is 5.82 Å². The minimum atomic E-state index is -0.705. The summed E-state index contributed by atoms with van der Waals surface area (Å²) in [5, 5.41) is 2.58.